The Bertz CT molecular complexity index is 512. The average molecular weight is 297 g/mol. The van der Waals surface area contributed by atoms with Crippen LogP contribution in [-0.4, -0.2) is 26.8 Å². The van der Waals surface area contributed by atoms with Crippen molar-refractivity contribution in [2.45, 2.75) is 19.0 Å². The van der Waals surface area contributed by atoms with Crippen LogP contribution >= 0.6 is 23.4 Å². The van der Waals surface area contributed by atoms with Gasteiger partial charge in [-0.25, -0.2) is 9.67 Å². The van der Waals surface area contributed by atoms with E-state index in [1.54, 1.807) is 18.1 Å². The van der Waals surface area contributed by atoms with Crippen LogP contribution in [0.4, 0.5) is 0 Å². The lowest BCUT2D eigenvalue weighted by atomic mass is 10.2. The molecule has 2 N–H and O–H groups in total. The third kappa shape index (κ3) is 3.96. The van der Waals surface area contributed by atoms with E-state index >= 15 is 0 Å². The van der Waals surface area contributed by atoms with Gasteiger partial charge < -0.3 is 5.73 Å². The van der Waals surface area contributed by atoms with Crippen molar-refractivity contribution in [2.75, 3.05) is 12.0 Å². The Morgan fingerprint density at radius 2 is 2.11 bits per heavy atom. The summed E-state index contributed by atoms with van der Waals surface area (Å²) in [6.07, 6.45) is 4.54. The van der Waals surface area contributed by atoms with Gasteiger partial charge in [-0.05, 0) is 36.1 Å². The number of hydrogen-bond donors (Lipinski definition) is 1. The standard InChI is InChI=1S/C13H17ClN4S/c1-19-7-6-12(15)13-16-9-17-18(13)8-10-2-4-11(14)5-3-10/h2-5,9,12H,6-8,15H2,1H3/t12-/m0/s1. The van der Waals surface area contributed by atoms with Gasteiger partial charge in [-0.15, -0.1) is 0 Å². The third-order valence-electron chi connectivity index (χ3n) is 2.86. The fourth-order valence-electron chi connectivity index (χ4n) is 1.82. The molecule has 0 spiro atoms. The lowest BCUT2D eigenvalue weighted by Gasteiger charge is -2.12. The number of benzene rings is 1. The second kappa shape index (κ2) is 6.93. The predicted octanol–water partition coefficient (Wildman–Crippen LogP) is 2.73. The molecule has 0 bridgehead atoms. The summed E-state index contributed by atoms with van der Waals surface area (Å²) in [5, 5.41) is 4.98. The van der Waals surface area contributed by atoms with Crippen molar-refractivity contribution in [1.29, 1.82) is 0 Å². The van der Waals surface area contributed by atoms with Gasteiger partial charge in [0.1, 0.15) is 12.2 Å². The van der Waals surface area contributed by atoms with Crippen molar-refractivity contribution >= 4 is 23.4 Å². The van der Waals surface area contributed by atoms with Gasteiger partial charge in [0.2, 0.25) is 0 Å². The molecule has 2 aromatic rings. The molecule has 1 aromatic heterocycles. The molecule has 1 atom stereocenters. The van der Waals surface area contributed by atoms with E-state index in [1.807, 2.05) is 28.9 Å². The number of hydrogen-bond acceptors (Lipinski definition) is 4. The molecule has 0 saturated heterocycles. The zero-order valence-electron chi connectivity index (χ0n) is 10.8. The molecule has 0 amide bonds. The van der Waals surface area contributed by atoms with Gasteiger partial charge in [-0.3, -0.25) is 0 Å². The van der Waals surface area contributed by atoms with Crippen molar-refractivity contribution in [1.82, 2.24) is 14.8 Å². The van der Waals surface area contributed by atoms with Crippen molar-refractivity contribution in [2.24, 2.45) is 5.73 Å². The minimum Gasteiger partial charge on any atom is -0.321 e. The maximum Gasteiger partial charge on any atom is 0.144 e. The number of thioether (sulfide) groups is 1. The lowest BCUT2D eigenvalue weighted by Crippen LogP contribution is -2.18. The van der Waals surface area contributed by atoms with Gasteiger partial charge in [-0.2, -0.15) is 16.9 Å². The average Bonchev–Trinajstić information content (AvgIpc) is 2.87. The summed E-state index contributed by atoms with van der Waals surface area (Å²) in [7, 11) is 0. The van der Waals surface area contributed by atoms with Crippen molar-refractivity contribution in [3.8, 4) is 0 Å². The van der Waals surface area contributed by atoms with Crippen LogP contribution in [0.5, 0.6) is 0 Å². The second-order valence-corrected chi connectivity index (χ2v) is 5.71. The lowest BCUT2D eigenvalue weighted by molar-refractivity contribution is 0.564. The molecule has 0 aliphatic carbocycles. The molecule has 1 heterocycles. The van der Waals surface area contributed by atoms with Crippen LogP contribution in [0, 0.1) is 0 Å². The number of aromatic nitrogens is 3. The van der Waals surface area contributed by atoms with E-state index in [1.165, 1.54) is 0 Å². The highest BCUT2D eigenvalue weighted by atomic mass is 35.5. The molecule has 0 saturated carbocycles. The van der Waals surface area contributed by atoms with E-state index in [-0.39, 0.29) is 6.04 Å². The number of nitrogens with zero attached hydrogens (tertiary/aromatic N) is 3. The SMILES string of the molecule is CSCC[C@H](N)c1ncnn1Cc1ccc(Cl)cc1. The van der Waals surface area contributed by atoms with Crippen molar-refractivity contribution in [3.63, 3.8) is 0 Å². The molecule has 0 aliphatic rings. The molecule has 6 heteroatoms. The molecular weight excluding hydrogens is 280 g/mol. The van der Waals surface area contributed by atoms with E-state index in [9.17, 15) is 0 Å². The van der Waals surface area contributed by atoms with Gasteiger partial charge >= 0.3 is 0 Å². The first kappa shape index (κ1) is 14.4. The van der Waals surface area contributed by atoms with E-state index in [0.717, 1.165) is 28.6 Å². The highest BCUT2D eigenvalue weighted by molar-refractivity contribution is 7.98. The Hall–Kier alpha value is -1.04. The molecular formula is C13H17ClN4S. The first-order valence-electron chi connectivity index (χ1n) is 6.07. The van der Waals surface area contributed by atoms with Crippen molar-refractivity contribution in [3.05, 3.63) is 47.0 Å². The summed E-state index contributed by atoms with van der Waals surface area (Å²) >= 11 is 7.66. The predicted molar refractivity (Wildman–Crippen MR) is 80.5 cm³/mol. The van der Waals surface area contributed by atoms with Crippen LogP contribution in [0.15, 0.2) is 30.6 Å². The van der Waals surface area contributed by atoms with Crippen LogP contribution < -0.4 is 5.73 Å². The molecule has 19 heavy (non-hydrogen) atoms. The minimum absolute atomic E-state index is 0.0674. The summed E-state index contributed by atoms with van der Waals surface area (Å²) in [6, 6.07) is 7.66. The highest BCUT2D eigenvalue weighted by Gasteiger charge is 2.13. The molecule has 2 rings (SSSR count). The maximum atomic E-state index is 6.15. The van der Waals surface area contributed by atoms with Crippen LogP contribution in [-0.2, 0) is 6.54 Å². The molecule has 0 aliphatic heterocycles. The molecule has 0 unspecified atom stereocenters. The Kier molecular flexibility index (Phi) is 5.24. The van der Waals surface area contributed by atoms with Gasteiger partial charge in [0.25, 0.3) is 0 Å². The Balaban J connectivity index is 2.08. The molecule has 1 aromatic carbocycles. The van der Waals surface area contributed by atoms with Crippen LogP contribution in [0.1, 0.15) is 23.9 Å². The number of nitrogens with two attached hydrogens (primary N) is 1. The monoisotopic (exact) mass is 296 g/mol. The van der Waals surface area contributed by atoms with E-state index in [4.69, 9.17) is 17.3 Å². The van der Waals surface area contributed by atoms with Crippen LogP contribution in [0.25, 0.3) is 0 Å². The van der Waals surface area contributed by atoms with E-state index < -0.39 is 0 Å². The third-order valence-corrected chi connectivity index (χ3v) is 3.75. The topological polar surface area (TPSA) is 56.7 Å². The quantitative estimate of drug-likeness (QED) is 0.890. The Morgan fingerprint density at radius 1 is 1.37 bits per heavy atom. The maximum absolute atomic E-state index is 6.15. The zero-order valence-corrected chi connectivity index (χ0v) is 12.4. The van der Waals surface area contributed by atoms with Gasteiger partial charge in [0.15, 0.2) is 0 Å². The Labute approximate surface area is 122 Å². The summed E-state index contributed by atoms with van der Waals surface area (Å²) in [6.45, 7) is 0.666. The largest absolute Gasteiger partial charge is 0.321 e. The smallest absolute Gasteiger partial charge is 0.144 e. The molecule has 0 fully saturated rings. The van der Waals surface area contributed by atoms with Crippen LogP contribution in [0.2, 0.25) is 5.02 Å². The summed E-state index contributed by atoms with van der Waals surface area (Å²) in [4.78, 5) is 4.27. The van der Waals surface area contributed by atoms with Crippen LogP contribution in [0.3, 0.4) is 0 Å². The van der Waals surface area contributed by atoms with Gasteiger partial charge in [0.05, 0.1) is 12.6 Å². The highest BCUT2D eigenvalue weighted by Crippen LogP contribution is 2.15. The summed E-state index contributed by atoms with van der Waals surface area (Å²) in [5.74, 6) is 1.86. The van der Waals surface area contributed by atoms with E-state index in [0.29, 0.717) is 6.54 Å². The van der Waals surface area contributed by atoms with Crippen molar-refractivity contribution < 1.29 is 0 Å². The number of halogens is 1. The molecule has 102 valence electrons. The molecule has 0 radical (unpaired) electrons. The second-order valence-electron chi connectivity index (χ2n) is 4.29. The summed E-state index contributed by atoms with van der Waals surface area (Å²) < 4.78 is 1.86. The van der Waals surface area contributed by atoms with E-state index in [2.05, 4.69) is 16.3 Å². The fraction of sp³-hybridized carbons (Fsp3) is 0.385. The fourth-order valence-corrected chi connectivity index (χ4v) is 2.43. The first-order chi connectivity index (χ1) is 9.20. The molecule has 4 nitrogen and oxygen atoms in total. The normalized spacial score (nSPS) is 12.6. The summed E-state index contributed by atoms with van der Waals surface area (Å²) in [5.41, 5.74) is 7.28. The van der Waals surface area contributed by atoms with Gasteiger partial charge in [0, 0.05) is 5.02 Å². The van der Waals surface area contributed by atoms with Gasteiger partial charge in [-0.1, -0.05) is 23.7 Å². The zero-order chi connectivity index (χ0) is 13.7. The minimum atomic E-state index is -0.0674. The number of rotatable bonds is 6. The first-order valence-corrected chi connectivity index (χ1v) is 7.84. The Morgan fingerprint density at radius 3 is 2.79 bits per heavy atom.